The van der Waals surface area contributed by atoms with Crippen molar-refractivity contribution in [1.29, 1.82) is 0 Å². The molecule has 0 atom stereocenters. The summed E-state index contributed by atoms with van der Waals surface area (Å²) in [6.07, 6.45) is 0. The Bertz CT molecular complexity index is 692. The van der Waals surface area contributed by atoms with Gasteiger partial charge in [0.25, 0.3) is 0 Å². The predicted octanol–water partition coefficient (Wildman–Crippen LogP) is -0.285. The van der Waals surface area contributed by atoms with Gasteiger partial charge in [0.1, 0.15) is 0 Å². The van der Waals surface area contributed by atoms with Crippen LogP contribution in [0, 0.1) is 0 Å². The zero-order chi connectivity index (χ0) is 20.1. The first-order chi connectivity index (χ1) is 12.9. The molecular weight excluding hydrogens is 450 g/mol. The van der Waals surface area contributed by atoms with Crippen molar-refractivity contribution in [3.05, 3.63) is 91.0 Å². The van der Waals surface area contributed by atoms with Crippen LogP contribution in [0.25, 0.3) is 0 Å². The fourth-order valence-electron chi connectivity index (χ4n) is 2.18. The molecule has 4 nitrogen and oxygen atoms in total. The third-order valence-corrected chi connectivity index (χ3v) is 10.0. The van der Waals surface area contributed by atoms with Gasteiger partial charge in [-0.15, -0.1) is 0 Å². The zero-order valence-corrected chi connectivity index (χ0v) is 17.8. The fourth-order valence-corrected chi connectivity index (χ4v) is 8.76. The van der Waals surface area contributed by atoms with Crippen LogP contribution in [-0.4, -0.2) is 32.1 Å². The number of carboxylic acid groups (broad SMARTS) is 2. The maximum absolute atomic E-state index is 8.89. The number of hydrogen-bond acceptors (Lipinski definition) is 4. The van der Waals surface area contributed by atoms with Gasteiger partial charge in [-0.3, -0.25) is 0 Å². The van der Waals surface area contributed by atoms with E-state index in [0.29, 0.717) is 0 Å². The first kappa shape index (κ1) is 22.5. The molecule has 0 radical (unpaired) electrons. The average molecular weight is 471 g/mol. The molecule has 3 aromatic carbocycles. The van der Waals surface area contributed by atoms with Gasteiger partial charge in [0, 0.05) is 11.9 Å². The van der Waals surface area contributed by atoms with E-state index >= 15 is 0 Å². The Morgan fingerprint density at radius 3 is 0.926 bits per heavy atom. The average Bonchev–Trinajstić information content (AvgIpc) is 2.64. The second kappa shape index (κ2) is 12.7. The number of aliphatic carboxylic acids is 2. The molecule has 0 bridgehead atoms. The van der Waals surface area contributed by atoms with E-state index in [1.807, 2.05) is 0 Å². The van der Waals surface area contributed by atoms with Crippen LogP contribution < -0.4 is 20.7 Å². The number of hydrogen-bond donors (Lipinski definition) is 0. The van der Waals surface area contributed by atoms with Crippen molar-refractivity contribution < 1.29 is 19.8 Å². The molecule has 5 heteroatoms. The van der Waals surface area contributed by atoms with Crippen LogP contribution >= 0.6 is 0 Å². The van der Waals surface area contributed by atoms with Crippen molar-refractivity contribution in [3.63, 3.8) is 0 Å². The number of carbonyl (C=O) groups excluding carboxylic acids is 2. The molecule has 0 amide bonds. The van der Waals surface area contributed by atoms with Crippen molar-refractivity contribution in [2.45, 2.75) is 13.8 Å². The summed E-state index contributed by atoms with van der Waals surface area (Å²) in [4.78, 5) is 17.8. The van der Waals surface area contributed by atoms with Crippen LogP contribution in [0.4, 0.5) is 0 Å². The maximum atomic E-state index is 8.89. The van der Waals surface area contributed by atoms with Gasteiger partial charge in [-0.1, -0.05) is 0 Å². The predicted molar refractivity (Wildman–Crippen MR) is 105 cm³/mol. The van der Waals surface area contributed by atoms with E-state index in [9.17, 15) is 0 Å². The summed E-state index contributed by atoms with van der Waals surface area (Å²) in [7, 11) is 0. The van der Waals surface area contributed by atoms with Gasteiger partial charge in [0.05, 0.1) is 0 Å². The molecule has 0 saturated heterocycles. The molecule has 0 aromatic heterocycles. The first-order valence-electron chi connectivity index (χ1n) is 8.22. The van der Waals surface area contributed by atoms with Crippen LogP contribution in [0.3, 0.4) is 0 Å². The van der Waals surface area contributed by atoms with E-state index in [0.717, 1.165) is 13.8 Å². The van der Waals surface area contributed by atoms with E-state index in [1.54, 1.807) is 0 Å². The van der Waals surface area contributed by atoms with Crippen molar-refractivity contribution in [2.24, 2.45) is 0 Å². The van der Waals surface area contributed by atoms with Crippen molar-refractivity contribution in [1.82, 2.24) is 0 Å². The summed E-state index contributed by atoms with van der Waals surface area (Å²) >= 11 is -1.83. The van der Waals surface area contributed by atoms with Gasteiger partial charge in [-0.05, 0) is 13.8 Å². The normalized spacial score (nSPS) is 8.96. The van der Waals surface area contributed by atoms with Crippen molar-refractivity contribution >= 4 is 42.7 Å². The van der Waals surface area contributed by atoms with Crippen LogP contribution in [0.1, 0.15) is 13.8 Å². The second-order valence-corrected chi connectivity index (χ2v) is 11.7. The summed E-state index contributed by atoms with van der Waals surface area (Å²) in [6, 6.07) is 32.9. The number of carbonyl (C=O) groups is 2. The third kappa shape index (κ3) is 9.62. The van der Waals surface area contributed by atoms with Gasteiger partial charge in [-0.2, -0.15) is 0 Å². The van der Waals surface area contributed by atoms with E-state index < -0.39 is 32.1 Å². The summed E-state index contributed by atoms with van der Waals surface area (Å²) < 4.78 is 4.55. The van der Waals surface area contributed by atoms with Crippen LogP contribution in [0.2, 0.25) is 0 Å². The monoisotopic (exact) mass is 470 g/mol. The molecule has 0 saturated carbocycles. The van der Waals surface area contributed by atoms with Crippen LogP contribution in [0.15, 0.2) is 91.0 Å². The summed E-state index contributed by atoms with van der Waals surface area (Å²) in [5, 5.41) is 17.8. The molecule has 3 aromatic rings. The molecule has 3 rings (SSSR count). The molecule has 138 valence electrons. The Hall–Kier alpha value is -2.58. The zero-order valence-electron chi connectivity index (χ0n) is 15.2. The number of rotatable bonds is 3. The topological polar surface area (TPSA) is 80.3 Å². The van der Waals surface area contributed by atoms with E-state index in [2.05, 4.69) is 91.0 Å². The molecule has 0 N–H and O–H groups in total. The van der Waals surface area contributed by atoms with E-state index in [1.165, 1.54) is 10.5 Å². The summed E-state index contributed by atoms with van der Waals surface area (Å²) in [5.41, 5.74) is 0. The Morgan fingerprint density at radius 1 is 0.556 bits per heavy atom. The third-order valence-electron chi connectivity index (χ3n) is 3.04. The first-order valence-corrected chi connectivity index (χ1v) is 12.0. The summed E-state index contributed by atoms with van der Waals surface area (Å²) in [6.45, 7) is 1.94. The minimum absolute atomic E-state index is 0.972. The van der Waals surface area contributed by atoms with Gasteiger partial charge < -0.3 is 19.8 Å². The Labute approximate surface area is 167 Å². The second-order valence-electron chi connectivity index (χ2n) is 5.33. The van der Waals surface area contributed by atoms with Gasteiger partial charge in [0.2, 0.25) is 0 Å². The van der Waals surface area contributed by atoms with Gasteiger partial charge in [-0.25, -0.2) is 0 Å². The fraction of sp³-hybridized carbons (Fsp3) is 0.0909. The SMILES string of the molecule is CC(=O)[O-].CC(=O)[O-].c1cc[c]([Sb+2]([c]2ccccc2)[c]2ccccc2)cc1. The Morgan fingerprint density at radius 2 is 0.741 bits per heavy atom. The van der Waals surface area contributed by atoms with E-state index in [-0.39, 0.29) is 0 Å². The van der Waals surface area contributed by atoms with Crippen LogP contribution in [-0.2, 0) is 9.59 Å². The molecular formula is C22H21O4Sb. The molecule has 0 aliphatic heterocycles. The van der Waals surface area contributed by atoms with E-state index in [4.69, 9.17) is 19.8 Å². The number of benzene rings is 3. The van der Waals surface area contributed by atoms with Gasteiger partial charge in [0.15, 0.2) is 0 Å². The quantitative estimate of drug-likeness (QED) is 0.493. The summed E-state index contributed by atoms with van der Waals surface area (Å²) in [5.74, 6) is -2.17. The van der Waals surface area contributed by atoms with Crippen molar-refractivity contribution in [2.75, 3.05) is 0 Å². The Kier molecular flexibility index (Phi) is 10.6. The molecule has 0 aliphatic rings. The van der Waals surface area contributed by atoms with Crippen molar-refractivity contribution in [3.8, 4) is 0 Å². The Balaban J connectivity index is 0.000000390. The van der Waals surface area contributed by atoms with Gasteiger partial charge >= 0.3 is 122 Å². The standard InChI is InChI=1S/3C6H5.2C2H4O2.Sb/c3*1-2-4-6-5-3-1;2*1-2(3)4;/h3*1-5H;2*1H3,(H,3,4);/q;;;;;+2/p-2. The number of carboxylic acids is 2. The van der Waals surface area contributed by atoms with Crippen LogP contribution in [0.5, 0.6) is 0 Å². The molecule has 0 unspecified atom stereocenters. The minimum atomic E-state index is -1.83. The molecule has 0 heterocycles. The molecule has 27 heavy (non-hydrogen) atoms. The molecule has 0 fully saturated rings. The molecule has 0 spiro atoms. The molecule has 0 aliphatic carbocycles.